The van der Waals surface area contributed by atoms with E-state index in [-0.39, 0.29) is 30.5 Å². The van der Waals surface area contributed by atoms with Gasteiger partial charge in [-0.1, -0.05) is 35.3 Å². The van der Waals surface area contributed by atoms with Crippen LogP contribution in [0.2, 0.25) is 10.0 Å². The molecule has 0 radical (unpaired) electrons. The Morgan fingerprint density at radius 1 is 1.07 bits per heavy atom. The molecule has 0 fully saturated rings. The van der Waals surface area contributed by atoms with Crippen LogP contribution in [0.4, 0.5) is 18.9 Å². The lowest BCUT2D eigenvalue weighted by molar-refractivity contribution is -0.895. The van der Waals surface area contributed by atoms with Gasteiger partial charge < -0.3 is 22.2 Å². The van der Waals surface area contributed by atoms with Gasteiger partial charge >= 0.3 is 6.18 Å². The lowest BCUT2D eigenvalue weighted by Gasteiger charge is -2.29. The molecule has 3 nitrogen and oxygen atoms in total. The Morgan fingerprint density at radius 2 is 1.67 bits per heavy atom. The Morgan fingerprint density at radius 3 is 2.22 bits per heavy atom. The van der Waals surface area contributed by atoms with Crippen LogP contribution in [0.1, 0.15) is 11.1 Å². The molecular formula is C18H18Cl3F3N2O. The molecule has 2 aromatic rings. The van der Waals surface area contributed by atoms with Gasteiger partial charge in [0.15, 0.2) is 6.54 Å². The second kappa shape index (κ2) is 9.15. The number of nitrogens with one attached hydrogen (secondary N) is 1. The SMILES string of the molecule is C[N+](C)(CC(=O)Nc1ccc(Cl)c(C(F)(F)F)c1)Cc1ccc(Cl)cc1.[Cl-]. The van der Waals surface area contributed by atoms with Crippen molar-refractivity contribution in [3.63, 3.8) is 0 Å². The maximum Gasteiger partial charge on any atom is 0.417 e. The lowest BCUT2D eigenvalue weighted by atomic mass is 10.2. The molecule has 0 atom stereocenters. The molecule has 0 saturated carbocycles. The van der Waals surface area contributed by atoms with Crippen LogP contribution in [0.15, 0.2) is 42.5 Å². The first-order valence-corrected chi connectivity index (χ1v) is 8.45. The number of carbonyl (C=O) groups is 1. The minimum absolute atomic E-state index is 0. The van der Waals surface area contributed by atoms with Gasteiger partial charge in [0.2, 0.25) is 0 Å². The molecule has 0 aliphatic carbocycles. The highest BCUT2D eigenvalue weighted by molar-refractivity contribution is 6.31. The quantitative estimate of drug-likeness (QED) is 0.709. The summed E-state index contributed by atoms with van der Waals surface area (Å²) in [7, 11) is 3.72. The average Bonchev–Trinajstić information content (AvgIpc) is 2.49. The highest BCUT2D eigenvalue weighted by Crippen LogP contribution is 2.36. The molecule has 0 aromatic heterocycles. The molecule has 0 spiro atoms. The van der Waals surface area contributed by atoms with E-state index in [0.717, 1.165) is 17.7 Å². The summed E-state index contributed by atoms with van der Waals surface area (Å²) in [4.78, 5) is 12.3. The Labute approximate surface area is 172 Å². The van der Waals surface area contributed by atoms with Crippen molar-refractivity contribution < 1.29 is 34.9 Å². The number of anilines is 1. The zero-order chi connectivity index (χ0) is 19.5. The van der Waals surface area contributed by atoms with Crippen LogP contribution in [0, 0.1) is 0 Å². The molecule has 1 N–H and O–H groups in total. The summed E-state index contributed by atoms with van der Waals surface area (Å²) in [5.74, 6) is -0.389. The first-order chi connectivity index (χ1) is 12.0. The van der Waals surface area contributed by atoms with Gasteiger partial charge in [0.25, 0.3) is 5.91 Å². The van der Waals surface area contributed by atoms with Gasteiger partial charge in [-0.2, -0.15) is 13.2 Å². The molecule has 9 heteroatoms. The Kier molecular flexibility index (Phi) is 7.99. The van der Waals surface area contributed by atoms with Crippen molar-refractivity contribution in [3.05, 3.63) is 63.6 Å². The summed E-state index contributed by atoms with van der Waals surface area (Å²) in [5.41, 5.74) is 0.0724. The van der Waals surface area contributed by atoms with Crippen LogP contribution in [-0.4, -0.2) is 31.0 Å². The summed E-state index contributed by atoms with van der Waals surface area (Å²) >= 11 is 11.4. The fraction of sp³-hybridized carbons (Fsp3) is 0.278. The predicted octanol–water partition coefficient (Wildman–Crippen LogP) is 2.23. The van der Waals surface area contributed by atoms with Crippen LogP contribution < -0.4 is 17.7 Å². The molecule has 0 saturated heterocycles. The smallest absolute Gasteiger partial charge is 0.417 e. The van der Waals surface area contributed by atoms with E-state index in [0.29, 0.717) is 16.1 Å². The van der Waals surface area contributed by atoms with E-state index < -0.39 is 16.8 Å². The first kappa shape index (κ1) is 23.6. The van der Waals surface area contributed by atoms with Crippen molar-refractivity contribution in [2.45, 2.75) is 12.7 Å². The standard InChI is InChI=1S/C18H17Cl2F3N2O.ClH/c1-25(2,10-12-3-5-13(19)6-4-12)11-17(26)24-14-7-8-16(20)15(9-14)18(21,22)23;/h3-9H,10-11H2,1-2H3;1H. The first-order valence-electron chi connectivity index (χ1n) is 7.69. The third kappa shape index (κ3) is 7.22. The fourth-order valence-electron chi connectivity index (χ4n) is 2.55. The minimum Gasteiger partial charge on any atom is -1.00 e. The number of halogens is 6. The minimum atomic E-state index is -4.58. The number of hydrogen-bond acceptors (Lipinski definition) is 1. The van der Waals surface area contributed by atoms with Crippen molar-refractivity contribution in [3.8, 4) is 0 Å². The summed E-state index contributed by atoms with van der Waals surface area (Å²) < 4.78 is 39.0. The van der Waals surface area contributed by atoms with Gasteiger partial charge in [-0.3, -0.25) is 4.79 Å². The molecular weight excluding hydrogens is 424 g/mol. The maximum absolute atomic E-state index is 12.9. The van der Waals surface area contributed by atoms with Crippen LogP contribution in [-0.2, 0) is 17.5 Å². The number of rotatable bonds is 5. The number of amides is 1. The second-order valence-electron chi connectivity index (χ2n) is 6.62. The summed E-state index contributed by atoms with van der Waals surface area (Å²) in [6.07, 6.45) is -4.58. The van der Waals surface area contributed by atoms with Gasteiger partial charge in [0, 0.05) is 16.3 Å². The largest absolute Gasteiger partial charge is 1.00 e. The van der Waals surface area contributed by atoms with E-state index in [9.17, 15) is 18.0 Å². The number of likely N-dealkylation sites (N-methyl/N-ethyl adjacent to an activating group) is 1. The second-order valence-corrected chi connectivity index (χ2v) is 7.46. The Bertz CT molecular complexity index is 793. The van der Waals surface area contributed by atoms with E-state index in [2.05, 4.69) is 5.32 Å². The van der Waals surface area contributed by atoms with E-state index in [1.54, 1.807) is 12.1 Å². The topological polar surface area (TPSA) is 29.1 Å². The maximum atomic E-state index is 12.9. The molecule has 148 valence electrons. The fourth-order valence-corrected chi connectivity index (χ4v) is 2.90. The zero-order valence-corrected chi connectivity index (χ0v) is 16.8. The number of benzene rings is 2. The Hall–Kier alpha value is -1.47. The number of quaternary nitrogens is 1. The molecule has 2 rings (SSSR count). The summed E-state index contributed by atoms with van der Waals surface area (Å²) in [6.45, 7) is 0.658. The molecule has 0 unspecified atom stereocenters. The van der Waals surface area contributed by atoms with Crippen molar-refractivity contribution in [2.24, 2.45) is 0 Å². The lowest BCUT2D eigenvalue weighted by Crippen LogP contribution is -3.00. The van der Waals surface area contributed by atoms with Gasteiger partial charge in [-0.15, -0.1) is 0 Å². The zero-order valence-electron chi connectivity index (χ0n) is 14.6. The van der Waals surface area contributed by atoms with Crippen molar-refractivity contribution >= 4 is 34.8 Å². The van der Waals surface area contributed by atoms with Gasteiger partial charge in [-0.05, 0) is 30.3 Å². The van der Waals surface area contributed by atoms with Crippen LogP contribution >= 0.6 is 23.2 Å². The number of hydrogen-bond donors (Lipinski definition) is 1. The molecule has 0 aliphatic heterocycles. The number of nitrogens with zero attached hydrogens (tertiary/aromatic N) is 1. The third-order valence-electron chi connectivity index (χ3n) is 3.65. The summed E-state index contributed by atoms with van der Waals surface area (Å²) in [5, 5.41) is 2.72. The highest BCUT2D eigenvalue weighted by Gasteiger charge is 2.33. The van der Waals surface area contributed by atoms with E-state index in [4.69, 9.17) is 23.2 Å². The highest BCUT2D eigenvalue weighted by atomic mass is 35.5. The van der Waals surface area contributed by atoms with Gasteiger partial charge in [-0.25, -0.2) is 0 Å². The molecule has 1 amide bonds. The van der Waals surface area contributed by atoms with Crippen LogP contribution in [0.25, 0.3) is 0 Å². The molecule has 2 aromatic carbocycles. The normalized spacial score (nSPS) is 11.7. The summed E-state index contributed by atoms with van der Waals surface area (Å²) in [6, 6.07) is 10.6. The predicted molar refractivity (Wildman–Crippen MR) is 97.2 cm³/mol. The monoisotopic (exact) mass is 440 g/mol. The van der Waals surface area contributed by atoms with Gasteiger partial charge in [0.05, 0.1) is 24.7 Å². The average molecular weight is 442 g/mol. The van der Waals surface area contributed by atoms with Crippen LogP contribution in [0.3, 0.4) is 0 Å². The van der Waals surface area contributed by atoms with Crippen molar-refractivity contribution in [1.82, 2.24) is 0 Å². The van der Waals surface area contributed by atoms with E-state index >= 15 is 0 Å². The third-order valence-corrected chi connectivity index (χ3v) is 4.23. The van der Waals surface area contributed by atoms with Gasteiger partial charge in [0.1, 0.15) is 6.54 Å². The number of alkyl halides is 3. The molecule has 0 heterocycles. The van der Waals surface area contributed by atoms with E-state index in [1.807, 2.05) is 26.2 Å². The Balaban J connectivity index is 0.00000364. The van der Waals surface area contributed by atoms with Crippen molar-refractivity contribution in [2.75, 3.05) is 26.0 Å². The van der Waals surface area contributed by atoms with Crippen molar-refractivity contribution in [1.29, 1.82) is 0 Å². The van der Waals surface area contributed by atoms with Crippen LogP contribution in [0.5, 0.6) is 0 Å². The van der Waals surface area contributed by atoms with E-state index in [1.165, 1.54) is 6.07 Å². The molecule has 0 bridgehead atoms. The molecule has 27 heavy (non-hydrogen) atoms. The molecule has 0 aliphatic rings. The number of carbonyl (C=O) groups excluding carboxylic acids is 1.